The van der Waals surface area contributed by atoms with Crippen molar-refractivity contribution in [3.05, 3.63) is 41.3 Å². The Labute approximate surface area is 196 Å². The lowest BCUT2D eigenvalue weighted by atomic mass is 10.00. The minimum Gasteiger partial charge on any atom is -0.381 e. The molecule has 1 saturated carbocycles. The molecule has 5 nitrogen and oxygen atoms in total. The maximum Gasteiger partial charge on any atom is 0.166 e. The number of nitrogens with zero attached hydrogens (tertiary/aromatic N) is 3. The molecule has 3 aliphatic rings. The van der Waals surface area contributed by atoms with E-state index >= 15 is 0 Å². The van der Waals surface area contributed by atoms with Crippen LogP contribution in [0, 0.1) is 29.4 Å². The molecule has 3 aromatic rings. The minimum atomic E-state index is -0.493. The van der Waals surface area contributed by atoms with Crippen molar-refractivity contribution in [2.24, 2.45) is 17.8 Å². The van der Waals surface area contributed by atoms with Gasteiger partial charge in [0.1, 0.15) is 17.3 Å². The third-order valence-corrected chi connectivity index (χ3v) is 8.51. The second-order valence-corrected chi connectivity index (χ2v) is 10.7. The van der Waals surface area contributed by atoms with E-state index in [4.69, 9.17) is 4.74 Å². The van der Waals surface area contributed by atoms with Gasteiger partial charge in [0.05, 0.1) is 4.70 Å². The molecule has 1 aromatic carbocycles. The topological polar surface area (TPSA) is 50.3 Å². The molecule has 1 aliphatic carbocycles. The Hall–Kier alpha value is -2.16. The smallest absolute Gasteiger partial charge is 0.166 e. The number of halogens is 2. The van der Waals surface area contributed by atoms with Gasteiger partial charge in [-0.25, -0.2) is 8.78 Å². The van der Waals surface area contributed by atoms with Gasteiger partial charge in [-0.1, -0.05) is 0 Å². The van der Waals surface area contributed by atoms with E-state index in [0.717, 1.165) is 71.8 Å². The molecule has 33 heavy (non-hydrogen) atoms. The van der Waals surface area contributed by atoms with Crippen LogP contribution in [0.4, 0.5) is 14.6 Å². The van der Waals surface area contributed by atoms with E-state index in [1.54, 1.807) is 11.3 Å². The quantitative estimate of drug-likeness (QED) is 0.557. The van der Waals surface area contributed by atoms with Gasteiger partial charge in [0.15, 0.2) is 5.82 Å². The maximum atomic E-state index is 14.4. The van der Waals surface area contributed by atoms with Crippen molar-refractivity contribution < 1.29 is 13.5 Å². The number of nitrogens with one attached hydrogen (secondary N) is 1. The van der Waals surface area contributed by atoms with Crippen molar-refractivity contribution in [1.82, 2.24) is 15.1 Å². The lowest BCUT2D eigenvalue weighted by molar-refractivity contribution is 0.0545. The molecule has 3 fully saturated rings. The number of fused-ring (bicyclic) bond motifs is 2. The number of rotatable bonds is 5. The molecular weight excluding hydrogens is 442 g/mol. The van der Waals surface area contributed by atoms with E-state index in [9.17, 15) is 8.78 Å². The van der Waals surface area contributed by atoms with Crippen LogP contribution in [0.3, 0.4) is 0 Å². The highest BCUT2D eigenvalue weighted by Gasteiger charge is 2.41. The van der Waals surface area contributed by atoms with Crippen molar-refractivity contribution >= 4 is 27.2 Å². The van der Waals surface area contributed by atoms with Crippen molar-refractivity contribution in [1.29, 1.82) is 0 Å². The molecule has 0 amide bonds. The molecule has 2 aromatic heterocycles. The molecule has 2 saturated heterocycles. The van der Waals surface area contributed by atoms with Crippen molar-refractivity contribution in [2.75, 3.05) is 38.2 Å². The predicted molar refractivity (Wildman–Crippen MR) is 126 cm³/mol. The summed E-state index contributed by atoms with van der Waals surface area (Å²) in [5.41, 5.74) is 0.540. The molecule has 0 bridgehead atoms. The second-order valence-electron chi connectivity index (χ2n) is 9.79. The molecule has 8 heteroatoms. The third kappa shape index (κ3) is 4.24. The molecule has 4 heterocycles. The Morgan fingerprint density at radius 1 is 1.06 bits per heavy atom. The van der Waals surface area contributed by atoms with Crippen molar-refractivity contribution in [2.45, 2.75) is 31.7 Å². The van der Waals surface area contributed by atoms with E-state index in [1.807, 2.05) is 11.4 Å². The standard InChI is InChI=1S/C25H28F2N4OS/c26-18-1-2-22(27)21(11-18)23-20-5-8-33-24(20)25(30-29-23)28-19-9-16-13-31(14-17(16)10-19)12-15-3-6-32-7-4-15/h1-2,5,8,11,15-17,19H,3-4,6-7,9-10,12-14H2,(H,28,30)/t16-,17+,19+. The zero-order chi connectivity index (χ0) is 22.4. The van der Waals surface area contributed by atoms with Gasteiger partial charge in [0.25, 0.3) is 0 Å². The number of benzene rings is 1. The first-order valence-electron chi connectivity index (χ1n) is 11.9. The SMILES string of the molecule is Fc1ccc(F)c(-c2nnc(N[C@H]3C[C@@H]4CN(CC5CCOCC5)C[C@@H]4C3)c3sccc23)c1. The van der Waals surface area contributed by atoms with Crippen LogP contribution in [0.5, 0.6) is 0 Å². The van der Waals surface area contributed by atoms with E-state index in [0.29, 0.717) is 11.7 Å². The molecule has 6 rings (SSSR count). The Morgan fingerprint density at radius 3 is 2.64 bits per heavy atom. The molecular formula is C25H28F2N4OS. The van der Waals surface area contributed by atoms with E-state index < -0.39 is 11.6 Å². The first-order chi connectivity index (χ1) is 16.1. The fourth-order valence-electron chi connectivity index (χ4n) is 6.00. The molecule has 174 valence electrons. The molecule has 3 atom stereocenters. The number of hydrogen-bond donors (Lipinski definition) is 1. The Balaban J connectivity index is 1.14. The van der Waals surface area contributed by atoms with Crippen molar-refractivity contribution in [3.8, 4) is 11.3 Å². The first-order valence-corrected chi connectivity index (χ1v) is 12.8. The van der Waals surface area contributed by atoms with Crippen LogP contribution in [-0.2, 0) is 4.74 Å². The number of ether oxygens (including phenoxy) is 1. The third-order valence-electron chi connectivity index (χ3n) is 7.59. The average molecular weight is 471 g/mol. The first kappa shape index (κ1) is 21.4. The van der Waals surface area contributed by atoms with Crippen LogP contribution in [-0.4, -0.2) is 54.0 Å². The van der Waals surface area contributed by atoms with Crippen LogP contribution in [0.15, 0.2) is 29.6 Å². The number of thiophene rings is 1. The average Bonchev–Trinajstić information content (AvgIpc) is 3.52. The summed E-state index contributed by atoms with van der Waals surface area (Å²) < 4.78 is 34.6. The van der Waals surface area contributed by atoms with Gasteiger partial charge in [-0.3, -0.25) is 0 Å². The van der Waals surface area contributed by atoms with Gasteiger partial charge in [0.2, 0.25) is 0 Å². The summed E-state index contributed by atoms with van der Waals surface area (Å²) in [6, 6.07) is 5.74. The summed E-state index contributed by atoms with van der Waals surface area (Å²) >= 11 is 1.56. The molecule has 0 spiro atoms. The molecule has 0 unspecified atom stereocenters. The van der Waals surface area contributed by atoms with Gasteiger partial charge in [-0.05, 0) is 73.1 Å². The fourth-order valence-corrected chi connectivity index (χ4v) is 6.85. The van der Waals surface area contributed by atoms with Crippen molar-refractivity contribution in [3.63, 3.8) is 0 Å². The second kappa shape index (κ2) is 8.89. The number of aromatic nitrogens is 2. The summed E-state index contributed by atoms with van der Waals surface area (Å²) in [7, 11) is 0. The van der Waals surface area contributed by atoms with Gasteiger partial charge >= 0.3 is 0 Å². The lowest BCUT2D eigenvalue weighted by Crippen LogP contribution is -2.32. The zero-order valence-electron chi connectivity index (χ0n) is 18.5. The van der Waals surface area contributed by atoms with Crippen LogP contribution >= 0.6 is 11.3 Å². The zero-order valence-corrected chi connectivity index (χ0v) is 19.3. The summed E-state index contributed by atoms with van der Waals surface area (Å²) in [5, 5.41) is 15.1. The Morgan fingerprint density at radius 2 is 1.85 bits per heavy atom. The van der Waals surface area contributed by atoms with Gasteiger partial charge in [-0.2, -0.15) is 0 Å². The summed E-state index contributed by atoms with van der Waals surface area (Å²) in [6.45, 7) is 5.43. The molecule has 0 radical (unpaired) electrons. The van der Waals surface area contributed by atoms with E-state index in [-0.39, 0.29) is 5.56 Å². The predicted octanol–water partition coefficient (Wildman–Crippen LogP) is 5.19. The molecule has 1 N–H and O–H groups in total. The maximum absolute atomic E-state index is 14.4. The fraction of sp³-hybridized carbons (Fsp3) is 0.520. The molecule has 2 aliphatic heterocycles. The van der Waals surface area contributed by atoms with E-state index in [1.165, 1.54) is 38.5 Å². The van der Waals surface area contributed by atoms with Gasteiger partial charge in [0, 0.05) is 49.8 Å². The van der Waals surface area contributed by atoms with E-state index in [2.05, 4.69) is 20.4 Å². The number of likely N-dealkylation sites (tertiary alicyclic amines) is 1. The van der Waals surface area contributed by atoms with Crippen LogP contribution in [0.25, 0.3) is 21.3 Å². The normalized spacial score (nSPS) is 26.2. The van der Waals surface area contributed by atoms with Crippen LogP contribution in [0.1, 0.15) is 25.7 Å². The number of hydrogen-bond acceptors (Lipinski definition) is 6. The summed E-state index contributed by atoms with van der Waals surface area (Å²) in [4.78, 5) is 2.67. The largest absolute Gasteiger partial charge is 0.381 e. The monoisotopic (exact) mass is 470 g/mol. The Kier molecular flexibility index (Phi) is 5.76. The highest BCUT2D eigenvalue weighted by Crippen LogP contribution is 2.41. The number of anilines is 1. The van der Waals surface area contributed by atoms with Gasteiger partial charge in [-0.15, -0.1) is 21.5 Å². The van der Waals surface area contributed by atoms with Gasteiger partial charge < -0.3 is 15.0 Å². The Bertz CT molecular complexity index is 1130. The lowest BCUT2D eigenvalue weighted by Gasteiger charge is -2.27. The highest BCUT2D eigenvalue weighted by molar-refractivity contribution is 7.17. The van der Waals surface area contributed by atoms with Crippen LogP contribution < -0.4 is 5.32 Å². The van der Waals surface area contributed by atoms with Crippen LogP contribution in [0.2, 0.25) is 0 Å². The highest BCUT2D eigenvalue weighted by atomic mass is 32.1. The minimum absolute atomic E-state index is 0.150. The summed E-state index contributed by atoms with van der Waals surface area (Å²) in [5.74, 6) is 2.03. The summed E-state index contributed by atoms with van der Waals surface area (Å²) in [6.07, 6.45) is 4.68.